The number of benzene rings is 3. The molecule has 0 fully saturated rings. The molecule has 190 valence electrons. The summed E-state index contributed by atoms with van der Waals surface area (Å²) in [4.78, 5) is 25.9. The molecule has 0 amide bonds. The third-order valence-corrected chi connectivity index (χ3v) is 6.71. The van der Waals surface area contributed by atoms with Crippen molar-refractivity contribution in [2.45, 2.75) is 50.9 Å². The third-order valence-electron chi connectivity index (χ3n) is 5.13. The molecule has 36 heavy (non-hydrogen) atoms. The van der Waals surface area contributed by atoms with Crippen molar-refractivity contribution in [1.29, 1.82) is 0 Å². The van der Waals surface area contributed by atoms with Gasteiger partial charge in [0.25, 0.3) is 0 Å². The van der Waals surface area contributed by atoms with E-state index < -0.39 is 40.0 Å². The summed E-state index contributed by atoms with van der Waals surface area (Å²) in [5, 5.41) is 0. The lowest BCUT2D eigenvalue weighted by molar-refractivity contribution is -0.158. The van der Waals surface area contributed by atoms with Crippen molar-refractivity contribution in [3.63, 3.8) is 0 Å². The van der Waals surface area contributed by atoms with Gasteiger partial charge in [-0.05, 0) is 37.5 Å². The molecule has 0 radical (unpaired) electrons. The predicted octanol–water partition coefficient (Wildman–Crippen LogP) is 5.24. The zero-order valence-corrected chi connectivity index (χ0v) is 21.4. The molecule has 0 heterocycles. The summed E-state index contributed by atoms with van der Waals surface area (Å²) in [6.07, 6.45) is -2.49. The lowest BCUT2D eigenvalue weighted by Gasteiger charge is -2.29. The predicted molar refractivity (Wildman–Crippen MR) is 138 cm³/mol. The van der Waals surface area contributed by atoms with E-state index in [9.17, 15) is 13.8 Å². The highest BCUT2D eigenvalue weighted by Gasteiger charge is 2.38. The summed E-state index contributed by atoms with van der Waals surface area (Å²) in [6.45, 7) is 5.37. The fourth-order valence-corrected chi connectivity index (χ4v) is 4.02. The van der Waals surface area contributed by atoms with Crippen LogP contribution in [0.4, 0.5) is 4.79 Å². The van der Waals surface area contributed by atoms with Crippen molar-refractivity contribution in [3.05, 3.63) is 108 Å². The molecule has 8 heteroatoms. The number of hydrogen-bond acceptors (Lipinski definition) is 6. The molecule has 0 spiro atoms. The molecule has 0 unspecified atom stereocenters. The van der Waals surface area contributed by atoms with E-state index in [1.165, 1.54) is 0 Å². The number of carbonyl (C=O) groups is 2. The molecule has 1 N–H and O–H groups in total. The Morgan fingerprint density at radius 2 is 1.25 bits per heavy atom. The number of esters is 1. The van der Waals surface area contributed by atoms with Crippen LogP contribution in [0.15, 0.2) is 91.0 Å². The molecular weight excluding hydrogens is 478 g/mol. The van der Waals surface area contributed by atoms with Crippen molar-refractivity contribution in [2.24, 2.45) is 0 Å². The molecule has 0 saturated heterocycles. The largest absolute Gasteiger partial charge is 0.509 e. The van der Waals surface area contributed by atoms with Crippen LogP contribution >= 0.6 is 0 Å². The van der Waals surface area contributed by atoms with Gasteiger partial charge in [-0.2, -0.15) is 0 Å². The van der Waals surface area contributed by atoms with Gasteiger partial charge in [-0.3, -0.25) is 0 Å². The molecule has 0 aliphatic rings. The van der Waals surface area contributed by atoms with E-state index in [1.54, 1.807) is 57.2 Å². The second-order valence-electron chi connectivity index (χ2n) is 9.04. The molecule has 0 aliphatic carbocycles. The Hall–Kier alpha value is -3.49. The average Bonchev–Trinajstić information content (AvgIpc) is 2.89. The molecule has 0 aliphatic heterocycles. The molecule has 0 saturated carbocycles. The van der Waals surface area contributed by atoms with Gasteiger partial charge in [-0.15, -0.1) is 0 Å². The van der Waals surface area contributed by atoms with Crippen molar-refractivity contribution in [2.75, 3.05) is 0 Å². The van der Waals surface area contributed by atoms with Gasteiger partial charge in [-0.25, -0.2) is 18.5 Å². The molecule has 0 bridgehead atoms. The van der Waals surface area contributed by atoms with Gasteiger partial charge in [0.1, 0.15) is 13.2 Å². The number of nitrogens with one attached hydrogen (secondary N) is 1. The van der Waals surface area contributed by atoms with Crippen LogP contribution in [-0.2, 0) is 43.2 Å². The summed E-state index contributed by atoms with van der Waals surface area (Å²) in [6, 6.07) is 26.2. The zero-order chi connectivity index (χ0) is 26.0. The minimum atomic E-state index is -1.58. The van der Waals surface area contributed by atoms with E-state index in [2.05, 4.69) is 4.72 Å². The van der Waals surface area contributed by atoms with Crippen LogP contribution in [0.2, 0.25) is 0 Å². The summed E-state index contributed by atoms with van der Waals surface area (Å²) < 4.78 is 31.6. The Bertz CT molecular complexity index is 1130. The number of rotatable bonds is 10. The van der Waals surface area contributed by atoms with Gasteiger partial charge >= 0.3 is 12.1 Å². The minimum Gasteiger partial charge on any atom is -0.458 e. The maximum Gasteiger partial charge on any atom is 0.509 e. The topological polar surface area (TPSA) is 90.9 Å². The van der Waals surface area contributed by atoms with Gasteiger partial charge in [0.15, 0.2) is 0 Å². The maximum absolute atomic E-state index is 13.3. The molecule has 0 aromatic heterocycles. The fraction of sp³-hybridized carbons (Fsp3) is 0.286. The second kappa shape index (κ2) is 13.0. The Labute approximate surface area is 214 Å². The van der Waals surface area contributed by atoms with E-state index in [0.717, 1.165) is 11.1 Å². The Morgan fingerprint density at radius 1 is 0.778 bits per heavy atom. The smallest absolute Gasteiger partial charge is 0.458 e. The van der Waals surface area contributed by atoms with Crippen LogP contribution in [-0.4, -0.2) is 27.2 Å². The third kappa shape index (κ3) is 8.32. The van der Waals surface area contributed by atoms with Gasteiger partial charge < -0.3 is 14.2 Å². The van der Waals surface area contributed by atoms with Crippen molar-refractivity contribution in [1.82, 2.24) is 4.72 Å². The van der Waals surface area contributed by atoms with Crippen molar-refractivity contribution >= 4 is 23.1 Å². The quantitative estimate of drug-likeness (QED) is 0.376. The summed E-state index contributed by atoms with van der Waals surface area (Å²) in [7, 11) is -1.58. The Morgan fingerprint density at radius 3 is 1.75 bits per heavy atom. The highest BCUT2D eigenvalue weighted by molar-refractivity contribution is 7.84. The first-order valence-corrected chi connectivity index (χ1v) is 12.7. The van der Waals surface area contributed by atoms with Crippen LogP contribution in [0, 0.1) is 0 Å². The first kappa shape index (κ1) is 27.1. The highest BCUT2D eigenvalue weighted by Crippen LogP contribution is 2.25. The van der Waals surface area contributed by atoms with Crippen LogP contribution < -0.4 is 4.72 Å². The van der Waals surface area contributed by atoms with Crippen LogP contribution in [0.5, 0.6) is 0 Å². The van der Waals surface area contributed by atoms with E-state index in [1.807, 2.05) is 54.6 Å². The monoisotopic (exact) mass is 509 g/mol. The number of ether oxygens (including phenoxy) is 3. The van der Waals surface area contributed by atoms with Gasteiger partial charge in [0.05, 0.1) is 21.8 Å². The first-order valence-electron chi connectivity index (χ1n) is 11.5. The highest BCUT2D eigenvalue weighted by atomic mass is 32.2. The molecule has 3 aromatic rings. The van der Waals surface area contributed by atoms with E-state index in [-0.39, 0.29) is 13.2 Å². The van der Waals surface area contributed by atoms with Crippen molar-refractivity contribution in [3.8, 4) is 0 Å². The number of hydrogen-bond donors (Lipinski definition) is 1. The van der Waals surface area contributed by atoms with Crippen LogP contribution in [0.3, 0.4) is 0 Å². The summed E-state index contributed by atoms with van der Waals surface area (Å²) in [5.74, 6) is -0.789. The summed E-state index contributed by atoms with van der Waals surface area (Å²) in [5.41, 5.74) is 2.15. The van der Waals surface area contributed by atoms with E-state index in [0.29, 0.717) is 5.56 Å². The Balaban J connectivity index is 1.84. The van der Waals surface area contributed by atoms with E-state index >= 15 is 0 Å². The zero-order valence-electron chi connectivity index (χ0n) is 20.6. The number of carbonyl (C=O) groups excluding carboxylic acids is 2. The van der Waals surface area contributed by atoms with Crippen LogP contribution in [0.25, 0.3) is 0 Å². The lowest BCUT2D eigenvalue weighted by atomic mass is 10.0. The minimum absolute atomic E-state index is 0.0114. The lowest BCUT2D eigenvalue weighted by Crippen LogP contribution is -2.45. The average molecular weight is 510 g/mol. The fourth-order valence-electron chi connectivity index (χ4n) is 3.17. The maximum atomic E-state index is 13.3. The van der Waals surface area contributed by atoms with Gasteiger partial charge in [0.2, 0.25) is 6.10 Å². The van der Waals surface area contributed by atoms with E-state index in [4.69, 9.17) is 14.2 Å². The standard InChI is InChI=1S/C28H31NO6S/c1-28(2,3)36(32)29-24(23-17-11-6-12-18-23)25(26(30)33-19-21-13-7-4-8-14-21)35-27(31)34-20-22-15-9-5-10-16-22/h4-18,24-25,29H,19-20H2,1-3H3/t24-,25+,36+/m0/s1. The second-order valence-corrected chi connectivity index (χ2v) is 11.0. The summed E-state index contributed by atoms with van der Waals surface area (Å²) >= 11 is 0. The molecule has 7 nitrogen and oxygen atoms in total. The van der Waals surface area contributed by atoms with Gasteiger partial charge in [0, 0.05) is 0 Å². The van der Waals surface area contributed by atoms with Crippen molar-refractivity contribution < 1.29 is 28.0 Å². The molecule has 3 rings (SSSR count). The SMILES string of the molecule is CC(C)(C)[S@@](=O)N[C@@H](c1ccccc1)[C@@H](OC(=O)OCc1ccccc1)C(=O)OCc1ccccc1. The normalized spacial score (nSPS) is 13.8. The Kier molecular flexibility index (Phi) is 9.78. The molecule has 3 atom stereocenters. The first-order chi connectivity index (χ1) is 17.2. The molecule has 3 aromatic carbocycles. The van der Waals surface area contributed by atoms with Crippen LogP contribution in [0.1, 0.15) is 43.5 Å². The van der Waals surface area contributed by atoms with Gasteiger partial charge in [-0.1, -0.05) is 91.0 Å². The molecular formula is C28H31NO6S.